The second kappa shape index (κ2) is 26.1. The van der Waals surface area contributed by atoms with E-state index < -0.39 is 0 Å². The van der Waals surface area contributed by atoms with Crippen molar-refractivity contribution in [3.8, 4) is 0 Å². The molecule has 2 N–H and O–H groups in total. The number of hydrogen-bond acceptors (Lipinski definition) is 4. The molecule has 1 rings (SSSR count). The third-order valence-electron chi connectivity index (χ3n) is 7.93. The van der Waals surface area contributed by atoms with Gasteiger partial charge < -0.3 is 20.4 Å². The first-order valence-electron chi connectivity index (χ1n) is 16.6. The van der Waals surface area contributed by atoms with Crippen LogP contribution in [0, 0.1) is 0 Å². The molecule has 1 saturated heterocycles. The predicted octanol–water partition coefficient (Wildman–Crippen LogP) is 6.68. The average molecular weight is 537 g/mol. The first-order chi connectivity index (χ1) is 18.7. The number of hydrogen-bond donors (Lipinski definition) is 2. The van der Waals surface area contributed by atoms with E-state index in [1.165, 1.54) is 89.9 Å². The molecule has 0 aromatic carbocycles. The summed E-state index contributed by atoms with van der Waals surface area (Å²) in [6.07, 6.45) is 23.9. The van der Waals surface area contributed by atoms with Gasteiger partial charge in [0.05, 0.1) is 0 Å². The normalized spacial score (nSPS) is 14.6. The molecule has 2 amide bonds. The smallest absolute Gasteiger partial charge is 0.219 e. The number of unbranched alkanes of at least 4 members (excludes halogenated alkanes) is 14. The summed E-state index contributed by atoms with van der Waals surface area (Å²) in [5.74, 6) is 0.455. The predicted molar refractivity (Wildman–Crippen MR) is 163 cm³/mol. The van der Waals surface area contributed by atoms with E-state index in [1.54, 1.807) is 0 Å². The van der Waals surface area contributed by atoms with Crippen molar-refractivity contribution in [1.82, 2.24) is 20.4 Å². The Bertz CT molecular complexity index is 502. The van der Waals surface area contributed by atoms with E-state index in [9.17, 15) is 9.59 Å². The molecule has 1 heterocycles. The van der Waals surface area contributed by atoms with Crippen LogP contribution in [0.1, 0.15) is 142 Å². The van der Waals surface area contributed by atoms with Crippen LogP contribution in [0.25, 0.3) is 0 Å². The second-order valence-corrected chi connectivity index (χ2v) is 11.5. The minimum absolute atomic E-state index is 0.227. The second-order valence-electron chi connectivity index (χ2n) is 11.5. The highest BCUT2D eigenvalue weighted by molar-refractivity contribution is 5.76. The Morgan fingerprint density at radius 2 is 0.789 bits per heavy atom. The van der Waals surface area contributed by atoms with Gasteiger partial charge in [0.1, 0.15) is 0 Å². The maximum atomic E-state index is 12.0. The summed E-state index contributed by atoms with van der Waals surface area (Å²) in [5, 5.41) is 6.22. The van der Waals surface area contributed by atoms with E-state index in [0.717, 1.165) is 78.0 Å². The van der Waals surface area contributed by atoms with Crippen LogP contribution in [0.2, 0.25) is 0 Å². The van der Waals surface area contributed by atoms with Crippen LogP contribution in [-0.2, 0) is 9.59 Å². The molecule has 0 atom stereocenters. The maximum absolute atomic E-state index is 12.0. The van der Waals surface area contributed by atoms with Crippen molar-refractivity contribution >= 4 is 11.8 Å². The molecule has 224 valence electrons. The van der Waals surface area contributed by atoms with Gasteiger partial charge in [0, 0.05) is 52.1 Å². The molecule has 6 heteroatoms. The fraction of sp³-hybridized carbons (Fsp3) is 0.938. The summed E-state index contributed by atoms with van der Waals surface area (Å²) in [7, 11) is 0. The molecule has 0 radical (unpaired) electrons. The number of amides is 2. The van der Waals surface area contributed by atoms with Gasteiger partial charge >= 0.3 is 0 Å². The molecular weight excluding hydrogens is 472 g/mol. The van der Waals surface area contributed by atoms with E-state index in [4.69, 9.17) is 0 Å². The standard InChI is InChI=1S/C32H64N4O2/c1-3-5-7-9-11-13-15-17-21-31(37)33-23-19-25-35-27-29-36(30-28-35)26-20-24-34-32(38)22-18-16-14-12-10-8-6-4-2/h3-30H2,1-2H3,(H,33,37)(H,34,38). The van der Waals surface area contributed by atoms with Crippen LogP contribution in [0.4, 0.5) is 0 Å². The van der Waals surface area contributed by atoms with Gasteiger partial charge in [-0.25, -0.2) is 0 Å². The van der Waals surface area contributed by atoms with E-state index in [1.807, 2.05) is 0 Å². The average Bonchev–Trinajstić information content (AvgIpc) is 2.93. The molecule has 1 aliphatic heterocycles. The number of carbonyl (C=O) groups excluding carboxylic acids is 2. The number of rotatable bonds is 26. The maximum Gasteiger partial charge on any atom is 0.219 e. The Morgan fingerprint density at radius 1 is 0.474 bits per heavy atom. The van der Waals surface area contributed by atoms with Crippen LogP contribution >= 0.6 is 0 Å². The quantitative estimate of drug-likeness (QED) is 0.121. The molecule has 0 aliphatic carbocycles. The number of nitrogens with zero attached hydrogens (tertiary/aromatic N) is 2. The Kier molecular flexibility index (Phi) is 24.0. The fourth-order valence-electron chi connectivity index (χ4n) is 5.31. The van der Waals surface area contributed by atoms with Gasteiger partial charge in [-0.1, -0.05) is 104 Å². The molecule has 38 heavy (non-hydrogen) atoms. The summed E-state index contributed by atoms with van der Waals surface area (Å²) in [6.45, 7) is 12.7. The Hall–Kier alpha value is -1.14. The van der Waals surface area contributed by atoms with Gasteiger partial charge in [-0.3, -0.25) is 9.59 Å². The molecule has 6 nitrogen and oxygen atoms in total. The number of nitrogens with one attached hydrogen (secondary N) is 2. The number of piperazine rings is 1. The highest BCUT2D eigenvalue weighted by Crippen LogP contribution is 2.10. The molecule has 0 aromatic heterocycles. The zero-order valence-electron chi connectivity index (χ0n) is 25.5. The minimum Gasteiger partial charge on any atom is -0.356 e. The topological polar surface area (TPSA) is 64.7 Å². The Labute approximate surface area is 236 Å². The van der Waals surface area contributed by atoms with Crippen LogP contribution in [0.3, 0.4) is 0 Å². The lowest BCUT2D eigenvalue weighted by molar-refractivity contribution is -0.122. The summed E-state index contributed by atoms with van der Waals surface area (Å²) in [5.41, 5.74) is 0. The van der Waals surface area contributed by atoms with Crippen molar-refractivity contribution < 1.29 is 9.59 Å². The van der Waals surface area contributed by atoms with E-state index in [2.05, 4.69) is 34.3 Å². The molecule has 0 unspecified atom stereocenters. The first-order valence-corrected chi connectivity index (χ1v) is 16.6. The molecule has 0 bridgehead atoms. The van der Waals surface area contributed by atoms with Crippen LogP contribution in [0.15, 0.2) is 0 Å². The SMILES string of the molecule is CCCCCCCCCCC(=O)NCCCN1CCN(CCCNC(=O)CCCCCCCCCC)CC1. The van der Waals surface area contributed by atoms with Gasteiger partial charge in [-0.2, -0.15) is 0 Å². The fourth-order valence-corrected chi connectivity index (χ4v) is 5.31. The third-order valence-corrected chi connectivity index (χ3v) is 7.93. The first kappa shape index (κ1) is 34.9. The molecule has 0 spiro atoms. The lowest BCUT2D eigenvalue weighted by Crippen LogP contribution is -2.47. The largest absolute Gasteiger partial charge is 0.356 e. The summed E-state index contributed by atoms with van der Waals surface area (Å²) in [6, 6.07) is 0. The Morgan fingerprint density at radius 3 is 1.13 bits per heavy atom. The number of carbonyl (C=O) groups is 2. The highest BCUT2D eigenvalue weighted by Gasteiger charge is 2.16. The van der Waals surface area contributed by atoms with E-state index in [-0.39, 0.29) is 11.8 Å². The van der Waals surface area contributed by atoms with Gasteiger partial charge in [-0.15, -0.1) is 0 Å². The molecule has 0 aromatic rings. The lowest BCUT2D eigenvalue weighted by Gasteiger charge is -2.34. The van der Waals surface area contributed by atoms with Crippen molar-refractivity contribution in [2.24, 2.45) is 0 Å². The highest BCUT2D eigenvalue weighted by atomic mass is 16.2. The van der Waals surface area contributed by atoms with Gasteiger partial charge in [0.2, 0.25) is 11.8 Å². The van der Waals surface area contributed by atoms with Crippen LogP contribution < -0.4 is 10.6 Å². The minimum atomic E-state index is 0.227. The zero-order chi connectivity index (χ0) is 27.5. The summed E-state index contributed by atoms with van der Waals surface area (Å²) >= 11 is 0. The van der Waals surface area contributed by atoms with Crippen molar-refractivity contribution in [2.75, 3.05) is 52.4 Å². The van der Waals surface area contributed by atoms with Gasteiger partial charge in [-0.05, 0) is 38.8 Å². The van der Waals surface area contributed by atoms with Gasteiger partial charge in [0.25, 0.3) is 0 Å². The van der Waals surface area contributed by atoms with Crippen molar-refractivity contribution in [1.29, 1.82) is 0 Å². The molecule has 1 fully saturated rings. The van der Waals surface area contributed by atoms with Crippen molar-refractivity contribution in [3.63, 3.8) is 0 Å². The Balaban J connectivity index is 1.87. The monoisotopic (exact) mass is 537 g/mol. The van der Waals surface area contributed by atoms with Gasteiger partial charge in [0.15, 0.2) is 0 Å². The summed E-state index contributed by atoms with van der Waals surface area (Å²) in [4.78, 5) is 29.1. The lowest BCUT2D eigenvalue weighted by atomic mass is 10.1. The van der Waals surface area contributed by atoms with Crippen molar-refractivity contribution in [2.45, 2.75) is 142 Å². The molecular formula is C32H64N4O2. The van der Waals surface area contributed by atoms with E-state index in [0.29, 0.717) is 12.8 Å². The molecule has 1 aliphatic rings. The zero-order valence-corrected chi connectivity index (χ0v) is 25.5. The van der Waals surface area contributed by atoms with Crippen molar-refractivity contribution in [3.05, 3.63) is 0 Å². The third kappa shape index (κ3) is 21.8. The summed E-state index contributed by atoms with van der Waals surface area (Å²) < 4.78 is 0. The van der Waals surface area contributed by atoms with E-state index >= 15 is 0 Å². The van der Waals surface area contributed by atoms with Crippen LogP contribution in [-0.4, -0.2) is 74.0 Å². The molecule has 0 saturated carbocycles. The van der Waals surface area contributed by atoms with Crippen LogP contribution in [0.5, 0.6) is 0 Å².